The first-order chi connectivity index (χ1) is 7.97. The molecule has 0 aliphatic carbocycles. The number of aryl methyl sites for hydroxylation is 1. The van der Waals surface area contributed by atoms with Crippen molar-refractivity contribution in [3.63, 3.8) is 0 Å². The maximum absolute atomic E-state index is 11.2. The van der Waals surface area contributed by atoms with Gasteiger partial charge in [-0.3, -0.25) is 0 Å². The standard InChI is InChI=1S/C11H16N2O3S/c1-6(4-14)5-17-10-9(11(15)16)7(2)8(3)12-13-10/h6,14H,4-5H2,1-3H3,(H,15,16). The van der Waals surface area contributed by atoms with Crippen LogP contribution in [0.25, 0.3) is 0 Å². The molecule has 1 heterocycles. The van der Waals surface area contributed by atoms with E-state index in [1.807, 2.05) is 6.92 Å². The number of nitrogens with zero attached hydrogens (tertiary/aromatic N) is 2. The average molecular weight is 256 g/mol. The highest BCUT2D eigenvalue weighted by molar-refractivity contribution is 7.99. The van der Waals surface area contributed by atoms with E-state index < -0.39 is 5.97 Å². The second kappa shape index (κ2) is 5.97. The summed E-state index contributed by atoms with van der Waals surface area (Å²) >= 11 is 1.32. The van der Waals surface area contributed by atoms with Crippen LogP contribution in [-0.4, -0.2) is 38.7 Å². The fourth-order valence-corrected chi connectivity index (χ4v) is 2.24. The second-order valence-electron chi connectivity index (χ2n) is 3.99. The lowest BCUT2D eigenvalue weighted by molar-refractivity contribution is 0.0690. The number of hydrogen-bond acceptors (Lipinski definition) is 5. The quantitative estimate of drug-likeness (QED) is 0.777. The Morgan fingerprint density at radius 3 is 2.59 bits per heavy atom. The number of carboxylic acid groups (broad SMARTS) is 1. The molecule has 0 aromatic carbocycles. The molecule has 5 nitrogen and oxygen atoms in total. The van der Waals surface area contributed by atoms with Crippen LogP contribution in [0.1, 0.15) is 28.5 Å². The molecule has 6 heteroatoms. The number of carboxylic acids is 1. The Bertz CT molecular complexity index is 423. The van der Waals surface area contributed by atoms with E-state index in [2.05, 4.69) is 10.2 Å². The van der Waals surface area contributed by atoms with Crippen LogP contribution in [0.5, 0.6) is 0 Å². The third-order valence-corrected chi connectivity index (χ3v) is 3.75. The molecule has 94 valence electrons. The van der Waals surface area contributed by atoms with Gasteiger partial charge in [0.05, 0.1) is 11.3 Å². The first-order valence-electron chi connectivity index (χ1n) is 5.28. The van der Waals surface area contributed by atoms with Crippen molar-refractivity contribution in [1.29, 1.82) is 0 Å². The van der Waals surface area contributed by atoms with E-state index in [4.69, 9.17) is 10.2 Å². The van der Waals surface area contributed by atoms with Crippen LogP contribution in [-0.2, 0) is 0 Å². The lowest BCUT2D eigenvalue weighted by Gasteiger charge is -2.10. The Morgan fingerprint density at radius 1 is 1.41 bits per heavy atom. The Morgan fingerprint density at radius 2 is 2.06 bits per heavy atom. The Hall–Kier alpha value is -1.14. The maximum Gasteiger partial charge on any atom is 0.338 e. The van der Waals surface area contributed by atoms with Crippen LogP contribution >= 0.6 is 11.8 Å². The van der Waals surface area contributed by atoms with Crippen LogP contribution in [0, 0.1) is 19.8 Å². The van der Waals surface area contributed by atoms with E-state index in [0.717, 1.165) is 0 Å². The minimum Gasteiger partial charge on any atom is -0.478 e. The number of thioether (sulfide) groups is 1. The highest BCUT2D eigenvalue weighted by Crippen LogP contribution is 2.25. The zero-order valence-electron chi connectivity index (χ0n) is 10.1. The van der Waals surface area contributed by atoms with Crippen molar-refractivity contribution in [3.05, 3.63) is 16.8 Å². The monoisotopic (exact) mass is 256 g/mol. The number of aliphatic hydroxyl groups excluding tert-OH is 1. The second-order valence-corrected chi connectivity index (χ2v) is 5.00. The van der Waals surface area contributed by atoms with Crippen molar-refractivity contribution in [2.24, 2.45) is 5.92 Å². The highest BCUT2D eigenvalue weighted by atomic mass is 32.2. The van der Waals surface area contributed by atoms with Gasteiger partial charge in [-0.2, -0.15) is 5.10 Å². The molecular weight excluding hydrogens is 240 g/mol. The van der Waals surface area contributed by atoms with Gasteiger partial charge >= 0.3 is 5.97 Å². The summed E-state index contributed by atoms with van der Waals surface area (Å²) in [6.45, 7) is 5.43. The predicted molar refractivity (Wildman–Crippen MR) is 65.4 cm³/mol. The number of aromatic nitrogens is 2. The summed E-state index contributed by atoms with van der Waals surface area (Å²) in [6.07, 6.45) is 0. The molecule has 0 saturated heterocycles. The Kier molecular flexibility index (Phi) is 4.89. The smallest absolute Gasteiger partial charge is 0.338 e. The van der Waals surface area contributed by atoms with Crippen molar-refractivity contribution >= 4 is 17.7 Å². The van der Waals surface area contributed by atoms with Crippen LogP contribution in [0.2, 0.25) is 0 Å². The molecule has 0 spiro atoms. The number of rotatable bonds is 5. The van der Waals surface area contributed by atoms with Gasteiger partial charge in [-0.1, -0.05) is 6.92 Å². The van der Waals surface area contributed by atoms with Crippen molar-refractivity contribution in [1.82, 2.24) is 10.2 Å². The Labute approximate surface area is 104 Å². The first kappa shape index (κ1) is 13.9. The summed E-state index contributed by atoms with van der Waals surface area (Å²) in [5.41, 5.74) is 1.49. The van der Waals surface area contributed by atoms with Crippen molar-refractivity contribution < 1.29 is 15.0 Å². The van der Waals surface area contributed by atoms with Crippen molar-refractivity contribution in [3.8, 4) is 0 Å². The molecule has 0 aliphatic rings. The highest BCUT2D eigenvalue weighted by Gasteiger charge is 2.18. The SMILES string of the molecule is Cc1nnc(SCC(C)CO)c(C(=O)O)c1C. The molecule has 0 saturated carbocycles. The normalized spacial score (nSPS) is 12.5. The molecule has 2 N–H and O–H groups in total. The summed E-state index contributed by atoms with van der Waals surface area (Å²) < 4.78 is 0. The van der Waals surface area contributed by atoms with E-state index in [0.29, 0.717) is 22.0 Å². The third kappa shape index (κ3) is 3.41. The molecular formula is C11H16N2O3S. The Balaban J connectivity index is 2.99. The fourth-order valence-electron chi connectivity index (χ4n) is 1.21. The van der Waals surface area contributed by atoms with Gasteiger partial charge in [0.25, 0.3) is 0 Å². The maximum atomic E-state index is 11.2. The molecule has 0 bridgehead atoms. The molecule has 0 amide bonds. The first-order valence-corrected chi connectivity index (χ1v) is 6.26. The molecule has 0 radical (unpaired) electrons. The van der Waals surface area contributed by atoms with E-state index in [1.165, 1.54) is 11.8 Å². The fraction of sp³-hybridized carbons (Fsp3) is 0.545. The van der Waals surface area contributed by atoms with Gasteiger partial charge in [-0.25, -0.2) is 4.79 Å². The van der Waals surface area contributed by atoms with E-state index in [1.54, 1.807) is 13.8 Å². The van der Waals surface area contributed by atoms with Crippen molar-refractivity contribution in [2.75, 3.05) is 12.4 Å². The van der Waals surface area contributed by atoms with Crippen LogP contribution in [0.3, 0.4) is 0 Å². The van der Waals surface area contributed by atoms with Gasteiger partial charge in [0.1, 0.15) is 5.03 Å². The molecule has 1 aromatic rings. The third-order valence-electron chi connectivity index (χ3n) is 2.45. The molecule has 1 unspecified atom stereocenters. The van der Waals surface area contributed by atoms with Gasteiger partial charge in [-0.05, 0) is 25.3 Å². The molecule has 17 heavy (non-hydrogen) atoms. The van der Waals surface area contributed by atoms with E-state index >= 15 is 0 Å². The van der Waals surface area contributed by atoms with Gasteiger partial charge in [0, 0.05) is 12.4 Å². The van der Waals surface area contributed by atoms with Gasteiger partial charge < -0.3 is 10.2 Å². The summed E-state index contributed by atoms with van der Waals surface area (Å²) in [5.74, 6) is -0.266. The largest absolute Gasteiger partial charge is 0.478 e. The van der Waals surface area contributed by atoms with Gasteiger partial charge in [0.15, 0.2) is 0 Å². The lowest BCUT2D eigenvalue weighted by Crippen LogP contribution is -2.10. The van der Waals surface area contributed by atoms with Crippen LogP contribution in [0.15, 0.2) is 5.03 Å². The summed E-state index contributed by atoms with van der Waals surface area (Å²) in [4.78, 5) is 11.2. The lowest BCUT2D eigenvalue weighted by atomic mass is 10.1. The van der Waals surface area contributed by atoms with Gasteiger partial charge in [0.2, 0.25) is 0 Å². The predicted octanol–water partition coefficient (Wildman–Crippen LogP) is 1.51. The molecule has 1 atom stereocenters. The number of aromatic carboxylic acids is 1. The molecule has 0 aliphatic heterocycles. The van der Waals surface area contributed by atoms with Crippen molar-refractivity contribution in [2.45, 2.75) is 25.8 Å². The van der Waals surface area contributed by atoms with Crippen LogP contribution in [0.4, 0.5) is 0 Å². The minimum absolute atomic E-state index is 0.0771. The number of aliphatic hydroxyl groups is 1. The zero-order chi connectivity index (χ0) is 13.0. The van der Waals surface area contributed by atoms with E-state index in [9.17, 15) is 4.79 Å². The number of carbonyl (C=O) groups is 1. The topological polar surface area (TPSA) is 83.3 Å². The summed E-state index contributed by atoms with van der Waals surface area (Å²) in [6, 6.07) is 0. The summed E-state index contributed by atoms with van der Waals surface area (Å²) in [7, 11) is 0. The summed E-state index contributed by atoms with van der Waals surface area (Å²) in [5, 5.41) is 26.4. The molecule has 0 fully saturated rings. The van der Waals surface area contributed by atoms with E-state index in [-0.39, 0.29) is 18.1 Å². The zero-order valence-corrected chi connectivity index (χ0v) is 10.9. The molecule has 1 rings (SSSR count). The van der Waals surface area contributed by atoms with Crippen LogP contribution < -0.4 is 0 Å². The van der Waals surface area contributed by atoms with Gasteiger partial charge in [-0.15, -0.1) is 16.9 Å². The minimum atomic E-state index is -0.986. The molecule has 1 aromatic heterocycles. The number of hydrogen-bond donors (Lipinski definition) is 2. The average Bonchev–Trinajstić information content (AvgIpc) is 2.29.